The van der Waals surface area contributed by atoms with Gasteiger partial charge in [-0.05, 0) is 45.7 Å². The number of benzene rings is 1. The Morgan fingerprint density at radius 2 is 1.69 bits per heavy atom. The lowest BCUT2D eigenvalue weighted by atomic mass is 10.0. The summed E-state index contributed by atoms with van der Waals surface area (Å²) in [4.78, 5) is 26.7. The highest BCUT2D eigenvalue weighted by Gasteiger charge is 2.36. The fourth-order valence-electron chi connectivity index (χ4n) is 4.94. The maximum absolute atomic E-state index is 13.5. The molecule has 1 fully saturated rings. The SMILES string of the molecule is CCCC[C@@H](OC)[C@@H](CC)Nc1c(Nc2ccc(Cl)c(S(=O)(=O)N3CCN(C(C)(C)C)CC3)c2O)c(=O)c1=O. The third-order valence-electron chi connectivity index (χ3n) is 7.40. The van der Waals surface area contributed by atoms with Crippen LogP contribution in [0.15, 0.2) is 26.6 Å². The van der Waals surface area contributed by atoms with Crippen LogP contribution in [0.3, 0.4) is 0 Å². The van der Waals surface area contributed by atoms with Crippen LogP contribution in [0.25, 0.3) is 0 Å². The lowest BCUT2D eigenvalue weighted by Gasteiger charge is -2.41. The van der Waals surface area contributed by atoms with E-state index in [1.807, 2.05) is 6.92 Å². The van der Waals surface area contributed by atoms with Crippen molar-refractivity contribution < 1.29 is 18.3 Å². The number of hydrogen-bond donors (Lipinski definition) is 3. The largest absolute Gasteiger partial charge is 0.504 e. The first kappa shape index (κ1) is 31.3. The molecular formula is C27H41ClN4O6S. The highest BCUT2D eigenvalue weighted by atomic mass is 35.5. The number of aromatic hydroxyl groups is 1. The van der Waals surface area contributed by atoms with Gasteiger partial charge in [0.15, 0.2) is 5.75 Å². The minimum atomic E-state index is -4.14. The third-order valence-corrected chi connectivity index (χ3v) is 9.80. The van der Waals surface area contributed by atoms with Crippen molar-refractivity contribution >= 4 is 38.7 Å². The molecule has 0 aliphatic carbocycles. The van der Waals surface area contributed by atoms with E-state index in [9.17, 15) is 23.1 Å². The predicted octanol–water partition coefficient (Wildman–Crippen LogP) is 3.89. The van der Waals surface area contributed by atoms with Crippen molar-refractivity contribution in [3.05, 3.63) is 37.6 Å². The Morgan fingerprint density at radius 1 is 1.08 bits per heavy atom. The van der Waals surface area contributed by atoms with Gasteiger partial charge in [0.05, 0.1) is 22.9 Å². The van der Waals surface area contributed by atoms with Crippen LogP contribution in [0.5, 0.6) is 5.75 Å². The molecule has 0 saturated carbocycles. The molecule has 0 unspecified atom stereocenters. The average molecular weight is 585 g/mol. The Kier molecular flexibility index (Phi) is 10.1. The summed E-state index contributed by atoms with van der Waals surface area (Å²) >= 11 is 6.29. The molecule has 0 radical (unpaired) electrons. The molecule has 1 aliphatic heterocycles. The van der Waals surface area contributed by atoms with Crippen LogP contribution in [0, 0.1) is 0 Å². The van der Waals surface area contributed by atoms with Gasteiger partial charge in [-0.2, -0.15) is 4.31 Å². The lowest BCUT2D eigenvalue weighted by molar-refractivity contribution is 0.0759. The van der Waals surface area contributed by atoms with E-state index in [0.29, 0.717) is 19.5 Å². The number of sulfonamides is 1. The molecule has 3 N–H and O–H groups in total. The Morgan fingerprint density at radius 3 is 2.23 bits per heavy atom. The van der Waals surface area contributed by atoms with E-state index < -0.39 is 31.5 Å². The van der Waals surface area contributed by atoms with Crippen molar-refractivity contribution in [2.75, 3.05) is 43.9 Å². The van der Waals surface area contributed by atoms with Crippen LogP contribution in [0.2, 0.25) is 5.02 Å². The van der Waals surface area contributed by atoms with Crippen LogP contribution in [-0.4, -0.2) is 73.7 Å². The number of rotatable bonds is 12. The van der Waals surface area contributed by atoms with Gasteiger partial charge in [0.25, 0.3) is 10.9 Å². The van der Waals surface area contributed by atoms with Gasteiger partial charge in [-0.15, -0.1) is 0 Å². The van der Waals surface area contributed by atoms with Crippen LogP contribution in [0.1, 0.15) is 60.3 Å². The summed E-state index contributed by atoms with van der Waals surface area (Å²) in [5.74, 6) is -0.607. The van der Waals surface area contributed by atoms with Gasteiger partial charge >= 0.3 is 0 Å². The van der Waals surface area contributed by atoms with E-state index in [1.165, 1.54) is 16.4 Å². The standard InChI is InChI=1S/C27H41ClN4O6S/c1-7-9-10-20(38-6)18(8-2)29-21-22(25(35)24(21)34)30-19-12-11-17(28)26(23(19)33)39(36,37)32-15-13-31(14-16-32)27(3,4)5/h11-12,18,20,29-30,33H,7-10,13-16H2,1-6H3/t18-,20-/m1/s1. The summed E-state index contributed by atoms with van der Waals surface area (Å²) in [5, 5.41) is 16.8. The molecule has 1 heterocycles. The molecule has 2 aromatic rings. The number of hydrogen-bond acceptors (Lipinski definition) is 9. The number of ether oxygens (including phenoxy) is 1. The highest BCUT2D eigenvalue weighted by Crippen LogP contribution is 2.40. The second-order valence-electron chi connectivity index (χ2n) is 10.9. The van der Waals surface area contributed by atoms with E-state index in [2.05, 4.69) is 43.2 Å². The molecule has 39 heavy (non-hydrogen) atoms. The van der Waals surface area contributed by atoms with E-state index in [0.717, 1.165) is 19.3 Å². The van der Waals surface area contributed by atoms with Gasteiger partial charge in [0, 0.05) is 38.8 Å². The Hall–Kier alpha value is -2.18. The summed E-state index contributed by atoms with van der Waals surface area (Å²) < 4.78 is 34.0. The second kappa shape index (κ2) is 12.6. The Bertz CT molecular complexity index is 1330. The van der Waals surface area contributed by atoms with Gasteiger partial charge < -0.3 is 20.5 Å². The molecule has 2 atom stereocenters. The number of unbranched alkanes of at least 4 members (excludes halogenated alkanes) is 1. The quantitative estimate of drug-likeness (QED) is 0.251. The molecule has 0 amide bonds. The third kappa shape index (κ3) is 6.59. The number of phenols is 1. The fourth-order valence-corrected chi connectivity index (χ4v) is 6.95. The van der Waals surface area contributed by atoms with Gasteiger partial charge in [0.1, 0.15) is 16.3 Å². The number of methoxy groups -OCH3 is 1. The molecule has 0 spiro atoms. The highest BCUT2D eigenvalue weighted by molar-refractivity contribution is 7.89. The maximum Gasteiger partial charge on any atom is 0.253 e. The molecular weight excluding hydrogens is 544 g/mol. The molecule has 1 aliphatic rings. The van der Waals surface area contributed by atoms with Crippen LogP contribution >= 0.6 is 11.6 Å². The first-order valence-electron chi connectivity index (χ1n) is 13.4. The van der Waals surface area contributed by atoms with Crippen molar-refractivity contribution in [2.24, 2.45) is 0 Å². The van der Waals surface area contributed by atoms with Crippen LogP contribution < -0.4 is 21.5 Å². The zero-order chi connectivity index (χ0) is 29.1. The molecule has 2 aromatic carbocycles. The smallest absolute Gasteiger partial charge is 0.253 e. The zero-order valence-corrected chi connectivity index (χ0v) is 25.2. The second-order valence-corrected chi connectivity index (χ2v) is 13.2. The monoisotopic (exact) mass is 584 g/mol. The minimum absolute atomic E-state index is 0.0382. The van der Waals surface area contributed by atoms with Crippen molar-refractivity contribution in [3.8, 4) is 5.75 Å². The van der Waals surface area contributed by atoms with E-state index >= 15 is 0 Å². The maximum atomic E-state index is 13.5. The van der Waals surface area contributed by atoms with Gasteiger partial charge in [0.2, 0.25) is 10.0 Å². The Balaban J connectivity index is 1.88. The summed E-state index contributed by atoms with van der Waals surface area (Å²) in [7, 11) is -2.53. The number of halogens is 1. The van der Waals surface area contributed by atoms with Gasteiger partial charge in [-0.1, -0.05) is 38.3 Å². The lowest BCUT2D eigenvalue weighted by Crippen LogP contribution is -2.54. The topological polar surface area (TPSA) is 128 Å². The number of piperazine rings is 1. The van der Waals surface area contributed by atoms with Gasteiger partial charge in [-0.25, -0.2) is 8.42 Å². The molecule has 12 heteroatoms. The summed E-state index contributed by atoms with van der Waals surface area (Å²) in [6.07, 6.45) is 3.23. The summed E-state index contributed by atoms with van der Waals surface area (Å²) in [6.45, 7) is 11.8. The van der Waals surface area contributed by atoms with Gasteiger partial charge in [-0.3, -0.25) is 14.5 Å². The number of anilines is 3. The van der Waals surface area contributed by atoms with E-state index in [4.69, 9.17) is 16.3 Å². The van der Waals surface area contributed by atoms with E-state index in [1.54, 1.807) is 7.11 Å². The number of nitrogens with zero attached hydrogens (tertiary/aromatic N) is 2. The molecule has 3 rings (SSSR count). The zero-order valence-electron chi connectivity index (χ0n) is 23.6. The van der Waals surface area contributed by atoms with Crippen LogP contribution in [0.4, 0.5) is 17.1 Å². The van der Waals surface area contributed by atoms with Crippen molar-refractivity contribution in [1.29, 1.82) is 0 Å². The molecule has 218 valence electrons. The molecule has 0 aromatic heterocycles. The predicted molar refractivity (Wildman–Crippen MR) is 156 cm³/mol. The van der Waals surface area contributed by atoms with Crippen molar-refractivity contribution in [2.45, 2.75) is 82.9 Å². The summed E-state index contributed by atoms with van der Waals surface area (Å²) in [6, 6.07) is 2.51. The molecule has 10 nitrogen and oxygen atoms in total. The molecule has 0 bridgehead atoms. The fraction of sp³-hybridized carbons (Fsp3) is 0.630. The number of phenolic OH excluding ortho intramolecular Hbond substituents is 1. The van der Waals surface area contributed by atoms with Crippen LogP contribution in [-0.2, 0) is 14.8 Å². The Labute approximate surface area is 236 Å². The first-order valence-corrected chi connectivity index (χ1v) is 15.3. The first-order chi connectivity index (χ1) is 18.3. The average Bonchev–Trinajstić information content (AvgIpc) is 2.89. The number of nitrogens with one attached hydrogen (secondary N) is 2. The normalized spacial score (nSPS) is 17.3. The van der Waals surface area contributed by atoms with Crippen molar-refractivity contribution in [1.82, 2.24) is 9.21 Å². The van der Waals surface area contributed by atoms with Crippen molar-refractivity contribution in [3.63, 3.8) is 0 Å². The van der Waals surface area contributed by atoms with E-state index in [-0.39, 0.29) is 52.9 Å². The summed E-state index contributed by atoms with van der Waals surface area (Å²) in [5.41, 5.74) is -1.53. The minimum Gasteiger partial charge on any atom is -0.504 e. The molecule has 1 saturated heterocycles.